The van der Waals surface area contributed by atoms with Gasteiger partial charge in [-0.15, -0.1) is 0 Å². The van der Waals surface area contributed by atoms with Gasteiger partial charge in [-0.05, 0) is 19.9 Å². The van der Waals surface area contributed by atoms with Gasteiger partial charge in [-0.2, -0.15) is 0 Å². The molecule has 1 aliphatic rings. The third-order valence-electron chi connectivity index (χ3n) is 5.00. The molecule has 0 radical (unpaired) electrons. The van der Waals surface area contributed by atoms with Crippen molar-refractivity contribution < 1.29 is 9.72 Å². The number of aryl methyl sites for hydroxylation is 1. The molecule has 0 N–H and O–H groups in total. The van der Waals surface area contributed by atoms with E-state index in [0.29, 0.717) is 37.3 Å². The molecule has 1 aromatic heterocycles. The van der Waals surface area contributed by atoms with E-state index >= 15 is 0 Å². The summed E-state index contributed by atoms with van der Waals surface area (Å²) in [5.74, 6) is 1.79. The van der Waals surface area contributed by atoms with E-state index in [4.69, 9.17) is 0 Å². The third kappa shape index (κ3) is 3.95. The number of nitro benzene ring substituents is 1. The summed E-state index contributed by atoms with van der Waals surface area (Å²) in [4.78, 5) is 36.6. The number of hydrogen-bond donors (Lipinski definition) is 0. The molecule has 0 unspecified atom stereocenters. The summed E-state index contributed by atoms with van der Waals surface area (Å²) in [6.07, 6.45) is 0. The molecule has 0 atom stereocenters. The number of carbonyl (C=O) groups is 1. The van der Waals surface area contributed by atoms with Gasteiger partial charge in [0.2, 0.25) is 0 Å². The highest BCUT2D eigenvalue weighted by Crippen LogP contribution is 2.24. The van der Waals surface area contributed by atoms with Gasteiger partial charge in [0.15, 0.2) is 0 Å². The molecule has 148 valence electrons. The van der Waals surface area contributed by atoms with Crippen molar-refractivity contribution in [2.24, 2.45) is 0 Å². The van der Waals surface area contributed by atoms with Gasteiger partial charge in [0, 0.05) is 61.1 Å². The molecule has 1 aromatic carbocycles. The standard InChI is InChI=1S/C20H25N5O3/c1-13(2)19-21-14(3)12-18(22-19)23-8-10-24(11-9-23)20(26)16-6-5-7-17(15(16)4)25(27)28/h5-7,12-13H,8-11H2,1-4H3. The minimum Gasteiger partial charge on any atom is -0.353 e. The second kappa shape index (κ2) is 7.92. The Kier molecular flexibility index (Phi) is 5.58. The van der Waals surface area contributed by atoms with Crippen molar-refractivity contribution in [3.63, 3.8) is 0 Å². The minimum atomic E-state index is -0.451. The van der Waals surface area contributed by atoms with Crippen LogP contribution in [-0.4, -0.2) is 51.9 Å². The molecule has 1 fully saturated rings. The number of anilines is 1. The zero-order chi connectivity index (χ0) is 20.4. The molecular weight excluding hydrogens is 358 g/mol. The molecule has 1 aliphatic heterocycles. The van der Waals surface area contributed by atoms with Crippen LogP contribution >= 0.6 is 0 Å². The van der Waals surface area contributed by atoms with Gasteiger partial charge in [-0.3, -0.25) is 14.9 Å². The second-order valence-electron chi connectivity index (χ2n) is 7.37. The minimum absolute atomic E-state index is 0.0258. The Hall–Kier alpha value is -3.03. The van der Waals surface area contributed by atoms with Crippen LogP contribution < -0.4 is 4.90 Å². The molecule has 0 bridgehead atoms. The van der Waals surface area contributed by atoms with Crippen molar-refractivity contribution in [1.29, 1.82) is 0 Å². The maximum Gasteiger partial charge on any atom is 0.273 e. The van der Waals surface area contributed by atoms with Gasteiger partial charge in [0.25, 0.3) is 11.6 Å². The second-order valence-corrected chi connectivity index (χ2v) is 7.37. The molecular formula is C20H25N5O3. The Morgan fingerprint density at radius 3 is 2.43 bits per heavy atom. The smallest absolute Gasteiger partial charge is 0.273 e. The highest BCUT2D eigenvalue weighted by Gasteiger charge is 2.26. The van der Waals surface area contributed by atoms with E-state index in [1.807, 2.05) is 13.0 Å². The third-order valence-corrected chi connectivity index (χ3v) is 5.00. The van der Waals surface area contributed by atoms with E-state index in [9.17, 15) is 14.9 Å². The lowest BCUT2D eigenvalue weighted by molar-refractivity contribution is -0.385. The van der Waals surface area contributed by atoms with Crippen molar-refractivity contribution in [1.82, 2.24) is 14.9 Å². The lowest BCUT2D eigenvalue weighted by atomic mass is 10.1. The Morgan fingerprint density at radius 1 is 1.14 bits per heavy atom. The Bertz CT molecular complexity index is 905. The SMILES string of the molecule is Cc1cc(N2CCN(C(=O)c3cccc([N+](=O)[O-])c3C)CC2)nc(C(C)C)n1. The lowest BCUT2D eigenvalue weighted by Crippen LogP contribution is -2.49. The average molecular weight is 383 g/mol. The highest BCUT2D eigenvalue weighted by molar-refractivity contribution is 5.96. The zero-order valence-electron chi connectivity index (χ0n) is 16.7. The summed E-state index contributed by atoms with van der Waals surface area (Å²) < 4.78 is 0. The number of nitrogens with zero attached hydrogens (tertiary/aromatic N) is 5. The largest absolute Gasteiger partial charge is 0.353 e. The maximum absolute atomic E-state index is 12.9. The Balaban J connectivity index is 1.73. The van der Waals surface area contributed by atoms with Gasteiger partial charge in [0.05, 0.1) is 4.92 Å². The zero-order valence-corrected chi connectivity index (χ0v) is 16.7. The summed E-state index contributed by atoms with van der Waals surface area (Å²) in [6.45, 7) is 10.1. The summed E-state index contributed by atoms with van der Waals surface area (Å²) in [6, 6.07) is 6.60. The highest BCUT2D eigenvalue weighted by atomic mass is 16.6. The number of benzene rings is 1. The van der Waals surface area contributed by atoms with Gasteiger partial charge in [-0.1, -0.05) is 19.9 Å². The van der Waals surface area contributed by atoms with E-state index in [-0.39, 0.29) is 17.5 Å². The Labute approximate surface area is 164 Å². The quantitative estimate of drug-likeness (QED) is 0.595. The summed E-state index contributed by atoms with van der Waals surface area (Å²) in [5, 5.41) is 11.1. The fourth-order valence-electron chi connectivity index (χ4n) is 3.36. The van der Waals surface area contributed by atoms with E-state index in [1.165, 1.54) is 6.07 Å². The van der Waals surface area contributed by atoms with Gasteiger partial charge in [0.1, 0.15) is 11.6 Å². The molecule has 1 saturated heterocycles. The van der Waals surface area contributed by atoms with Crippen LogP contribution in [0.4, 0.5) is 11.5 Å². The number of amides is 1. The molecule has 3 rings (SSSR count). The number of carbonyl (C=O) groups excluding carboxylic acids is 1. The fraction of sp³-hybridized carbons (Fsp3) is 0.450. The molecule has 0 saturated carbocycles. The van der Waals surface area contributed by atoms with Crippen molar-refractivity contribution in [3.8, 4) is 0 Å². The molecule has 1 amide bonds. The van der Waals surface area contributed by atoms with Crippen LogP contribution in [-0.2, 0) is 0 Å². The average Bonchev–Trinajstić information content (AvgIpc) is 2.67. The predicted molar refractivity (Wildman–Crippen MR) is 107 cm³/mol. The van der Waals surface area contributed by atoms with E-state index in [1.54, 1.807) is 24.0 Å². The van der Waals surface area contributed by atoms with Gasteiger partial charge in [-0.25, -0.2) is 9.97 Å². The predicted octanol–water partition coefficient (Wildman–Crippen LogP) is 3.09. The first-order valence-corrected chi connectivity index (χ1v) is 9.41. The molecule has 0 aliphatic carbocycles. The van der Waals surface area contributed by atoms with E-state index in [0.717, 1.165) is 17.3 Å². The topological polar surface area (TPSA) is 92.5 Å². The van der Waals surface area contributed by atoms with Crippen molar-refractivity contribution >= 4 is 17.4 Å². The molecule has 0 spiro atoms. The van der Waals surface area contributed by atoms with Crippen LogP contribution in [0.5, 0.6) is 0 Å². The number of hydrogen-bond acceptors (Lipinski definition) is 6. The maximum atomic E-state index is 12.9. The number of aromatic nitrogens is 2. The van der Waals surface area contributed by atoms with Crippen LogP contribution in [0.15, 0.2) is 24.3 Å². The first kappa shape index (κ1) is 19.7. The fourth-order valence-corrected chi connectivity index (χ4v) is 3.36. The summed E-state index contributed by atoms with van der Waals surface area (Å²) in [7, 11) is 0. The monoisotopic (exact) mass is 383 g/mol. The first-order chi connectivity index (χ1) is 13.3. The van der Waals surface area contributed by atoms with Crippen LogP contribution in [0.25, 0.3) is 0 Å². The molecule has 28 heavy (non-hydrogen) atoms. The number of nitro groups is 1. The van der Waals surface area contributed by atoms with Crippen LogP contribution in [0.3, 0.4) is 0 Å². The van der Waals surface area contributed by atoms with Crippen molar-refractivity contribution in [2.75, 3.05) is 31.1 Å². The number of piperazine rings is 1. The summed E-state index contributed by atoms with van der Waals surface area (Å²) >= 11 is 0. The lowest BCUT2D eigenvalue weighted by Gasteiger charge is -2.36. The molecule has 8 nitrogen and oxygen atoms in total. The molecule has 2 aromatic rings. The van der Waals surface area contributed by atoms with E-state index < -0.39 is 4.92 Å². The Morgan fingerprint density at radius 2 is 1.82 bits per heavy atom. The molecule has 2 heterocycles. The van der Waals surface area contributed by atoms with Gasteiger partial charge >= 0.3 is 0 Å². The van der Waals surface area contributed by atoms with Gasteiger partial charge < -0.3 is 9.80 Å². The normalized spacial score (nSPS) is 14.5. The van der Waals surface area contributed by atoms with Crippen molar-refractivity contribution in [2.45, 2.75) is 33.6 Å². The van der Waals surface area contributed by atoms with E-state index in [2.05, 4.69) is 28.7 Å². The van der Waals surface area contributed by atoms with Crippen molar-refractivity contribution in [3.05, 3.63) is 57.0 Å². The molecule has 8 heteroatoms. The first-order valence-electron chi connectivity index (χ1n) is 9.41. The van der Waals surface area contributed by atoms with Crippen LogP contribution in [0, 0.1) is 24.0 Å². The summed E-state index contributed by atoms with van der Waals surface area (Å²) in [5.41, 5.74) is 1.71. The van der Waals surface area contributed by atoms with Crippen LogP contribution in [0.1, 0.15) is 47.2 Å². The van der Waals surface area contributed by atoms with Crippen LogP contribution in [0.2, 0.25) is 0 Å². The number of rotatable bonds is 4.